The Balaban J connectivity index is 3.77. The lowest BCUT2D eigenvalue weighted by atomic mass is 10.1. The van der Waals surface area contributed by atoms with E-state index in [9.17, 15) is 14.4 Å². The van der Waals surface area contributed by atoms with Crippen molar-refractivity contribution in [1.29, 1.82) is 0 Å². The summed E-state index contributed by atoms with van der Waals surface area (Å²) in [5.41, 5.74) is -0.623. The molecule has 7 heteroatoms. The topological polar surface area (TPSA) is 90.9 Å². The molecule has 1 amide bonds. The van der Waals surface area contributed by atoms with E-state index >= 15 is 0 Å². The summed E-state index contributed by atoms with van der Waals surface area (Å²) in [6.45, 7) is 10.1. The lowest BCUT2D eigenvalue weighted by Crippen LogP contribution is -2.45. The van der Waals surface area contributed by atoms with Gasteiger partial charge in [0.1, 0.15) is 12.2 Å². The largest absolute Gasteiger partial charge is 0.468 e. The van der Waals surface area contributed by atoms with Gasteiger partial charge < -0.3 is 19.5 Å². The van der Waals surface area contributed by atoms with Crippen molar-refractivity contribution in [3.8, 4) is 0 Å². The highest BCUT2D eigenvalue weighted by atomic mass is 16.5. The molecule has 0 spiro atoms. The number of nitrogens with one attached hydrogen (secondary N) is 1. The van der Waals surface area contributed by atoms with Crippen LogP contribution in [0.4, 0.5) is 0 Å². The SMILES string of the molecule is C=C(C)C(=O)OCCNC(=O)C(C)(C)OCCCCCCOC=O. The molecule has 0 aliphatic heterocycles. The van der Waals surface area contributed by atoms with Crippen LogP contribution in [0.25, 0.3) is 0 Å². The van der Waals surface area contributed by atoms with Gasteiger partial charge in [0.05, 0.1) is 13.2 Å². The monoisotopic (exact) mass is 343 g/mol. The maximum Gasteiger partial charge on any atom is 0.333 e. The van der Waals surface area contributed by atoms with Gasteiger partial charge in [-0.25, -0.2) is 4.79 Å². The third-order valence-electron chi connectivity index (χ3n) is 3.20. The highest BCUT2D eigenvalue weighted by Gasteiger charge is 2.27. The summed E-state index contributed by atoms with van der Waals surface area (Å²) in [7, 11) is 0. The number of unbranched alkanes of at least 4 members (excludes halogenated alkanes) is 3. The zero-order valence-corrected chi connectivity index (χ0v) is 14.9. The van der Waals surface area contributed by atoms with E-state index in [1.54, 1.807) is 20.8 Å². The second kappa shape index (κ2) is 12.5. The fraction of sp³-hybridized carbons (Fsp3) is 0.706. The minimum atomic E-state index is -0.945. The van der Waals surface area contributed by atoms with Gasteiger partial charge in [-0.15, -0.1) is 0 Å². The Kier molecular flexibility index (Phi) is 11.5. The third-order valence-corrected chi connectivity index (χ3v) is 3.20. The Hall–Kier alpha value is -1.89. The summed E-state index contributed by atoms with van der Waals surface area (Å²) < 4.78 is 15.1. The highest BCUT2D eigenvalue weighted by Crippen LogP contribution is 2.11. The van der Waals surface area contributed by atoms with Crippen molar-refractivity contribution in [2.45, 2.75) is 52.1 Å². The van der Waals surface area contributed by atoms with Crippen molar-refractivity contribution in [1.82, 2.24) is 5.32 Å². The van der Waals surface area contributed by atoms with E-state index < -0.39 is 11.6 Å². The van der Waals surface area contributed by atoms with Crippen LogP contribution < -0.4 is 5.32 Å². The van der Waals surface area contributed by atoms with Crippen molar-refractivity contribution < 1.29 is 28.6 Å². The van der Waals surface area contributed by atoms with E-state index in [1.165, 1.54) is 0 Å². The smallest absolute Gasteiger partial charge is 0.333 e. The van der Waals surface area contributed by atoms with Crippen LogP contribution in [0.2, 0.25) is 0 Å². The van der Waals surface area contributed by atoms with Crippen molar-refractivity contribution in [2.24, 2.45) is 0 Å². The van der Waals surface area contributed by atoms with Gasteiger partial charge in [0, 0.05) is 12.2 Å². The first-order valence-corrected chi connectivity index (χ1v) is 8.11. The predicted molar refractivity (Wildman–Crippen MR) is 89.3 cm³/mol. The summed E-state index contributed by atoms with van der Waals surface area (Å²) in [6, 6.07) is 0. The van der Waals surface area contributed by atoms with Crippen molar-refractivity contribution in [2.75, 3.05) is 26.4 Å². The second-order valence-corrected chi connectivity index (χ2v) is 5.91. The molecule has 0 rings (SSSR count). The molecule has 0 atom stereocenters. The van der Waals surface area contributed by atoms with Gasteiger partial charge in [0.25, 0.3) is 12.4 Å². The Bertz CT molecular complexity index is 419. The number of ether oxygens (including phenoxy) is 3. The van der Waals surface area contributed by atoms with Gasteiger partial charge in [0.15, 0.2) is 0 Å². The van der Waals surface area contributed by atoms with Crippen LogP contribution in [0.15, 0.2) is 12.2 Å². The van der Waals surface area contributed by atoms with E-state index in [4.69, 9.17) is 9.47 Å². The Morgan fingerprint density at radius 2 is 1.71 bits per heavy atom. The number of hydrogen-bond acceptors (Lipinski definition) is 6. The molecule has 0 aliphatic rings. The predicted octanol–water partition coefficient (Wildman–Crippen LogP) is 1.75. The zero-order chi connectivity index (χ0) is 18.4. The number of esters is 1. The molecule has 0 aromatic heterocycles. The van der Waals surface area contributed by atoms with Crippen molar-refractivity contribution in [3.05, 3.63) is 12.2 Å². The lowest BCUT2D eigenvalue weighted by Gasteiger charge is -2.24. The Morgan fingerprint density at radius 3 is 2.29 bits per heavy atom. The molecule has 0 radical (unpaired) electrons. The zero-order valence-electron chi connectivity index (χ0n) is 14.9. The number of hydrogen-bond donors (Lipinski definition) is 1. The molecular formula is C17H29NO6. The molecule has 0 aliphatic carbocycles. The molecule has 7 nitrogen and oxygen atoms in total. The van der Waals surface area contributed by atoms with E-state index in [0.717, 1.165) is 25.7 Å². The first kappa shape index (κ1) is 22.1. The third kappa shape index (κ3) is 10.8. The quantitative estimate of drug-likeness (QED) is 0.224. The molecule has 0 unspecified atom stereocenters. The second-order valence-electron chi connectivity index (χ2n) is 5.91. The molecular weight excluding hydrogens is 314 g/mol. The van der Waals surface area contributed by atoms with Gasteiger partial charge in [-0.2, -0.15) is 0 Å². The first-order chi connectivity index (χ1) is 11.3. The van der Waals surface area contributed by atoms with E-state index in [2.05, 4.69) is 16.6 Å². The highest BCUT2D eigenvalue weighted by molar-refractivity contribution is 5.87. The van der Waals surface area contributed by atoms with Crippen LogP contribution in [0.3, 0.4) is 0 Å². The number of rotatable bonds is 14. The molecule has 138 valence electrons. The number of carbonyl (C=O) groups is 3. The molecule has 0 aromatic carbocycles. The summed E-state index contributed by atoms with van der Waals surface area (Å²) in [4.78, 5) is 33.2. The minimum Gasteiger partial charge on any atom is -0.468 e. The lowest BCUT2D eigenvalue weighted by molar-refractivity contribution is -0.144. The molecule has 0 saturated carbocycles. The first-order valence-electron chi connectivity index (χ1n) is 8.11. The summed E-state index contributed by atoms with van der Waals surface area (Å²) in [5.74, 6) is -0.730. The van der Waals surface area contributed by atoms with Crippen molar-refractivity contribution >= 4 is 18.3 Å². The molecule has 0 bridgehead atoms. The molecule has 0 aromatic rings. The average molecular weight is 343 g/mol. The average Bonchev–Trinajstić information content (AvgIpc) is 2.53. The van der Waals surface area contributed by atoms with Gasteiger partial charge in [-0.05, 0) is 40.0 Å². The van der Waals surface area contributed by atoms with Crippen LogP contribution in [-0.2, 0) is 28.6 Å². The maximum absolute atomic E-state index is 12.0. The molecule has 1 N–H and O–H groups in total. The Morgan fingerprint density at radius 1 is 1.08 bits per heavy atom. The van der Waals surface area contributed by atoms with E-state index in [0.29, 0.717) is 25.3 Å². The maximum atomic E-state index is 12.0. The summed E-state index contributed by atoms with van der Waals surface area (Å²) in [6.07, 6.45) is 3.54. The van der Waals surface area contributed by atoms with Crippen LogP contribution in [-0.4, -0.2) is 50.3 Å². The molecule has 24 heavy (non-hydrogen) atoms. The fourth-order valence-electron chi connectivity index (χ4n) is 1.73. The standard InChI is InChI=1S/C17H29NO6/c1-14(2)15(20)23-12-9-18-16(21)17(3,4)24-11-8-6-5-7-10-22-13-19/h13H,1,5-12H2,2-4H3,(H,18,21). The summed E-state index contributed by atoms with van der Waals surface area (Å²) >= 11 is 0. The normalized spacial score (nSPS) is 10.8. The van der Waals surface area contributed by atoms with Crippen LogP contribution >= 0.6 is 0 Å². The summed E-state index contributed by atoms with van der Waals surface area (Å²) in [5, 5.41) is 2.67. The van der Waals surface area contributed by atoms with Crippen molar-refractivity contribution in [3.63, 3.8) is 0 Å². The molecule has 0 heterocycles. The van der Waals surface area contributed by atoms with Gasteiger partial charge >= 0.3 is 5.97 Å². The molecule has 0 fully saturated rings. The van der Waals surface area contributed by atoms with Gasteiger partial charge in [-0.1, -0.05) is 13.0 Å². The Labute approximate surface area is 143 Å². The number of carbonyl (C=O) groups excluding carboxylic acids is 3. The minimum absolute atomic E-state index is 0.0936. The van der Waals surface area contributed by atoms with E-state index in [1.807, 2.05) is 0 Å². The molecule has 0 saturated heterocycles. The fourth-order valence-corrected chi connectivity index (χ4v) is 1.73. The van der Waals surface area contributed by atoms with Crippen LogP contribution in [0, 0.1) is 0 Å². The van der Waals surface area contributed by atoms with E-state index in [-0.39, 0.29) is 19.1 Å². The van der Waals surface area contributed by atoms with Gasteiger partial charge in [0.2, 0.25) is 0 Å². The van der Waals surface area contributed by atoms with Crippen LogP contribution in [0.1, 0.15) is 46.5 Å². The number of amides is 1. The van der Waals surface area contributed by atoms with Crippen LogP contribution in [0.5, 0.6) is 0 Å². The van der Waals surface area contributed by atoms with Gasteiger partial charge in [-0.3, -0.25) is 9.59 Å².